The van der Waals surface area contributed by atoms with E-state index in [-0.39, 0.29) is 11.2 Å². The van der Waals surface area contributed by atoms with Gasteiger partial charge in [0.15, 0.2) is 5.65 Å². The third-order valence-electron chi connectivity index (χ3n) is 3.02. The van der Waals surface area contributed by atoms with Crippen molar-refractivity contribution in [3.8, 4) is 0 Å². The maximum Gasteiger partial charge on any atom is 0.271 e. The van der Waals surface area contributed by atoms with Crippen LogP contribution in [-0.4, -0.2) is 14.6 Å². The van der Waals surface area contributed by atoms with Gasteiger partial charge in [-0.3, -0.25) is 9.89 Å². The molecule has 6 heteroatoms. The van der Waals surface area contributed by atoms with E-state index >= 15 is 0 Å². The Kier molecular flexibility index (Phi) is 3.45. The van der Waals surface area contributed by atoms with Gasteiger partial charge in [0.05, 0.1) is 0 Å². The van der Waals surface area contributed by atoms with Crippen LogP contribution in [0.4, 0.5) is 8.78 Å². The largest absolute Gasteiger partial charge is 0.276 e. The van der Waals surface area contributed by atoms with Crippen molar-refractivity contribution in [3.63, 3.8) is 0 Å². The van der Waals surface area contributed by atoms with Gasteiger partial charge in [-0.1, -0.05) is 20.3 Å². The van der Waals surface area contributed by atoms with Gasteiger partial charge in [0.25, 0.3) is 12.0 Å². The molecule has 2 aromatic rings. The van der Waals surface area contributed by atoms with Gasteiger partial charge in [0.1, 0.15) is 5.82 Å². The zero-order valence-electron chi connectivity index (χ0n) is 10.3. The first-order valence-corrected chi connectivity index (χ1v) is 5.91. The molecule has 0 spiro atoms. The van der Waals surface area contributed by atoms with Crippen LogP contribution >= 0.6 is 0 Å². The van der Waals surface area contributed by atoms with E-state index in [0.717, 1.165) is 12.5 Å². The highest BCUT2D eigenvalue weighted by Crippen LogP contribution is 2.18. The van der Waals surface area contributed by atoms with E-state index in [0.29, 0.717) is 18.2 Å². The molecule has 0 aliphatic heterocycles. The van der Waals surface area contributed by atoms with Gasteiger partial charge in [-0.15, -0.1) is 0 Å². The molecule has 2 heterocycles. The van der Waals surface area contributed by atoms with Crippen molar-refractivity contribution < 1.29 is 8.78 Å². The Balaban J connectivity index is 2.44. The standard InChI is InChI=1S/C12H15F2N3O/c1-3-7(2)4-9-15-10-5-8(12(13)14)6-11(18)17(10)16-9/h5-7,12H,3-4H2,1-2H3,(H,15,16). The second-order valence-electron chi connectivity index (χ2n) is 4.51. The molecule has 4 nitrogen and oxygen atoms in total. The molecule has 0 aliphatic rings. The lowest BCUT2D eigenvalue weighted by molar-refractivity contribution is 0.151. The van der Waals surface area contributed by atoms with Gasteiger partial charge in [-0.05, 0) is 12.0 Å². The van der Waals surface area contributed by atoms with Crippen LogP contribution in [0.1, 0.15) is 38.1 Å². The van der Waals surface area contributed by atoms with E-state index in [1.165, 1.54) is 10.6 Å². The van der Waals surface area contributed by atoms with Crippen LogP contribution in [0, 0.1) is 5.92 Å². The molecule has 98 valence electrons. The number of rotatable bonds is 4. The number of nitrogens with zero attached hydrogens (tertiary/aromatic N) is 2. The average molecular weight is 255 g/mol. The molecule has 1 atom stereocenters. The molecule has 0 aromatic carbocycles. The number of hydrogen-bond donors (Lipinski definition) is 1. The van der Waals surface area contributed by atoms with E-state index in [9.17, 15) is 13.6 Å². The first-order valence-electron chi connectivity index (χ1n) is 5.91. The molecule has 2 aromatic heterocycles. The lowest BCUT2D eigenvalue weighted by Gasteiger charge is -2.03. The van der Waals surface area contributed by atoms with Crippen molar-refractivity contribution in [2.24, 2.45) is 5.92 Å². The first-order chi connectivity index (χ1) is 8.51. The monoisotopic (exact) mass is 255 g/mol. The number of fused-ring (bicyclic) bond motifs is 1. The fourth-order valence-electron chi connectivity index (χ4n) is 1.75. The summed E-state index contributed by atoms with van der Waals surface area (Å²) in [6, 6.07) is 2.17. The maximum atomic E-state index is 12.6. The fraction of sp³-hybridized carbons (Fsp3) is 0.500. The third-order valence-corrected chi connectivity index (χ3v) is 3.02. The molecular formula is C12H15F2N3O. The van der Waals surface area contributed by atoms with Crippen molar-refractivity contribution in [2.45, 2.75) is 33.1 Å². The molecule has 0 fully saturated rings. The summed E-state index contributed by atoms with van der Waals surface area (Å²) in [6.45, 7) is 4.13. The second kappa shape index (κ2) is 4.88. The predicted octanol–water partition coefficient (Wildman–Crippen LogP) is 2.55. The maximum absolute atomic E-state index is 12.6. The van der Waals surface area contributed by atoms with E-state index in [2.05, 4.69) is 23.9 Å². The molecule has 0 radical (unpaired) electrons. The minimum Gasteiger partial charge on any atom is -0.276 e. The number of pyridine rings is 1. The van der Waals surface area contributed by atoms with Gasteiger partial charge >= 0.3 is 0 Å². The Hall–Kier alpha value is -1.72. The number of nitrogens with one attached hydrogen (secondary N) is 1. The normalized spacial score (nSPS) is 13.4. The lowest BCUT2D eigenvalue weighted by Crippen LogP contribution is -2.14. The fourth-order valence-corrected chi connectivity index (χ4v) is 1.75. The third kappa shape index (κ3) is 2.42. The SMILES string of the molecule is CCC(C)Cc1nc2cc(C(F)F)cc(=O)n2[nH]1. The number of aromatic nitrogens is 3. The summed E-state index contributed by atoms with van der Waals surface area (Å²) in [7, 11) is 0. The molecule has 0 bridgehead atoms. The molecule has 0 amide bonds. The zero-order chi connectivity index (χ0) is 13.3. The Morgan fingerprint density at radius 1 is 1.44 bits per heavy atom. The molecule has 1 unspecified atom stereocenters. The Morgan fingerprint density at radius 3 is 2.78 bits per heavy atom. The summed E-state index contributed by atoms with van der Waals surface area (Å²) in [5.74, 6) is 1.07. The second-order valence-corrected chi connectivity index (χ2v) is 4.51. The first kappa shape index (κ1) is 12.7. The minimum absolute atomic E-state index is 0.246. The van der Waals surface area contributed by atoms with Crippen molar-refractivity contribution in [2.75, 3.05) is 0 Å². The van der Waals surface area contributed by atoms with Gasteiger partial charge in [0.2, 0.25) is 0 Å². The molecule has 0 aliphatic carbocycles. The summed E-state index contributed by atoms with van der Waals surface area (Å²) >= 11 is 0. The molecule has 0 saturated heterocycles. The number of hydrogen-bond acceptors (Lipinski definition) is 2. The molecule has 18 heavy (non-hydrogen) atoms. The van der Waals surface area contributed by atoms with Crippen LogP contribution in [-0.2, 0) is 6.42 Å². The molecular weight excluding hydrogens is 240 g/mol. The quantitative estimate of drug-likeness (QED) is 0.912. The topological polar surface area (TPSA) is 50.2 Å². The Morgan fingerprint density at radius 2 is 2.17 bits per heavy atom. The molecule has 0 saturated carbocycles. The van der Waals surface area contributed by atoms with E-state index in [1.54, 1.807) is 0 Å². The lowest BCUT2D eigenvalue weighted by atomic mass is 10.1. The molecule has 1 N–H and O–H groups in total. The number of halogens is 2. The van der Waals surface area contributed by atoms with Crippen molar-refractivity contribution in [1.82, 2.24) is 14.6 Å². The summed E-state index contributed by atoms with van der Waals surface area (Å²) < 4.78 is 26.3. The zero-order valence-corrected chi connectivity index (χ0v) is 10.3. The van der Waals surface area contributed by atoms with Crippen molar-refractivity contribution >= 4 is 5.65 Å². The summed E-state index contributed by atoms with van der Waals surface area (Å²) in [5.41, 5.74) is -0.552. The highest BCUT2D eigenvalue weighted by molar-refractivity contribution is 5.40. The van der Waals surface area contributed by atoms with Gasteiger partial charge < -0.3 is 0 Å². The number of H-pyrrole nitrogens is 1. The molecule has 2 rings (SSSR count). The van der Waals surface area contributed by atoms with Crippen LogP contribution in [0.3, 0.4) is 0 Å². The Labute approximate surface area is 103 Å². The average Bonchev–Trinajstić information content (AvgIpc) is 2.71. The van der Waals surface area contributed by atoms with E-state index < -0.39 is 12.0 Å². The highest BCUT2D eigenvalue weighted by atomic mass is 19.3. The van der Waals surface area contributed by atoms with E-state index in [1.807, 2.05) is 0 Å². The summed E-state index contributed by atoms with van der Waals surface area (Å²) in [5, 5.41) is 2.84. The number of aromatic amines is 1. The smallest absolute Gasteiger partial charge is 0.271 e. The summed E-state index contributed by atoms with van der Waals surface area (Å²) in [4.78, 5) is 15.8. The van der Waals surface area contributed by atoms with Crippen LogP contribution in [0.15, 0.2) is 16.9 Å². The predicted molar refractivity (Wildman–Crippen MR) is 63.9 cm³/mol. The van der Waals surface area contributed by atoms with E-state index in [4.69, 9.17) is 0 Å². The Bertz CT molecular complexity index is 603. The van der Waals surface area contributed by atoms with Crippen LogP contribution in [0.25, 0.3) is 5.65 Å². The van der Waals surface area contributed by atoms with Crippen LogP contribution in [0.2, 0.25) is 0 Å². The number of alkyl halides is 2. The van der Waals surface area contributed by atoms with Gasteiger partial charge in [0, 0.05) is 18.1 Å². The van der Waals surface area contributed by atoms with Crippen LogP contribution < -0.4 is 5.56 Å². The van der Waals surface area contributed by atoms with Gasteiger partial charge in [-0.25, -0.2) is 18.3 Å². The highest BCUT2D eigenvalue weighted by Gasteiger charge is 2.13. The van der Waals surface area contributed by atoms with Crippen molar-refractivity contribution in [1.29, 1.82) is 0 Å². The summed E-state index contributed by atoms with van der Waals surface area (Å²) in [6.07, 6.45) is -0.965. The minimum atomic E-state index is -2.66. The van der Waals surface area contributed by atoms with Gasteiger partial charge in [-0.2, -0.15) is 0 Å². The van der Waals surface area contributed by atoms with Crippen molar-refractivity contribution in [3.05, 3.63) is 33.9 Å². The van der Waals surface area contributed by atoms with Crippen LogP contribution in [0.5, 0.6) is 0 Å².